The molecular weight excluding hydrogens is 228 g/mol. The van der Waals surface area contributed by atoms with Crippen LogP contribution in [0.4, 0.5) is 0 Å². The van der Waals surface area contributed by atoms with E-state index in [0.29, 0.717) is 0 Å². The van der Waals surface area contributed by atoms with E-state index in [-0.39, 0.29) is 12.9 Å². The molecule has 0 aromatic carbocycles. The first-order chi connectivity index (χ1) is 8.08. The van der Waals surface area contributed by atoms with Crippen molar-refractivity contribution in [2.45, 2.75) is 50.6 Å². The van der Waals surface area contributed by atoms with Gasteiger partial charge in [-0.25, -0.2) is 0 Å². The van der Waals surface area contributed by atoms with Gasteiger partial charge < -0.3 is 30.0 Å². The standard InChI is InChI=1S/C11H22O6/c1-2-3-4-5-17-11(9(15)7-13)10(16)8(14)6-12/h7-12,14-16H,2-6H2,1H3/t8-,9+,10-,11-/m1/s1. The molecule has 0 rings (SSSR count). The highest BCUT2D eigenvalue weighted by atomic mass is 16.5. The van der Waals surface area contributed by atoms with E-state index in [9.17, 15) is 20.1 Å². The van der Waals surface area contributed by atoms with Crippen LogP contribution in [0.3, 0.4) is 0 Å². The Morgan fingerprint density at radius 2 is 1.88 bits per heavy atom. The Morgan fingerprint density at radius 3 is 2.35 bits per heavy atom. The Labute approximate surface area is 101 Å². The van der Waals surface area contributed by atoms with Crippen LogP contribution >= 0.6 is 0 Å². The molecule has 4 atom stereocenters. The van der Waals surface area contributed by atoms with Gasteiger partial charge in [0.15, 0.2) is 6.29 Å². The Hall–Kier alpha value is -0.530. The third-order valence-corrected chi connectivity index (χ3v) is 2.45. The van der Waals surface area contributed by atoms with Gasteiger partial charge >= 0.3 is 0 Å². The van der Waals surface area contributed by atoms with E-state index in [1.165, 1.54) is 0 Å². The zero-order valence-electron chi connectivity index (χ0n) is 10.0. The van der Waals surface area contributed by atoms with Crippen molar-refractivity contribution in [2.75, 3.05) is 13.2 Å². The lowest BCUT2D eigenvalue weighted by molar-refractivity contribution is -0.150. The van der Waals surface area contributed by atoms with E-state index in [1.807, 2.05) is 6.92 Å². The zero-order chi connectivity index (χ0) is 13.3. The summed E-state index contributed by atoms with van der Waals surface area (Å²) < 4.78 is 5.18. The second-order valence-electron chi connectivity index (χ2n) is 3.91. The minimum absolute atomic E-state index is 0.234. The number of aliphatic hydroxyl groups excluding tert-OH is 4. The SMILES string of the molecule is CCCCCO[C@@H]([C@H](O)[C@H](O)CO)[C@@H](O)C=O. The van der Waals surface area contributed by atoms with Crippen molar-refractivity contribution in [3.05, 3.63) is 0 Å². The first kappa shape index (κ1) is 16.5. The number of hydrogen-bond acceptors (Lipinski definition) is 6. The fourth-order valence-electron chi connectivity index (χ4n) is 1.38. The lowest BCUT2D eigenvalue weighted by Crippen LogP contribution is -2.48. The second-order valence-corrected chi connectivity index (χ2v) is 3.91. The van der Waals surface area contributed by atoms with E-state index < -0.39 is 31.0 Å². The Morgan fingerprint density at radius 1 is 1.24 bits per heavy atom. The summed E-state index contributed by atoms with van der Waals surface area (Å²) in [6, 6.07) is 0. The zero-order valence-corrected chi connectivity index (χ0v) is 10.0. The monoisotopic (exact) mass is 250 g/mol. The van der Waals surface area contributed by atoms with Gasteiger partial charge in [0.1, 0.15) is 24.4 Å². The number of aldehydes is 1. The van der Waals surface area contributed by atoms with Gasteiger partial charge in [-0.2, -0.15) is 0 Å². The number of aliphatic hydroxyl groups is 4. The number of carbonyl (C=O) groups excluding carboxylic acids is 1. The Balaban J connectivity index is 4.27. The minimum Gasteiger partial charge on any atom is -0.394 e. The number of unbranched alkanes of at least 4 members (excludes halogenated alkanes) is 2. The Bertz CT molecular complexity index is 198. The summed E-state index contributed by atoms with van der Waals surface area (Å²) in [5, 5.41) is 36.8. The van der Waals surface area contributed by atoms with Gasteiger partial charge in [0.25, 0.3) is 0 Å². The van der Waals surface area contributed by atoms with Gasteiger partial charge in [0.05, 0.1) is 6.61 Å². The molecule has 0 aromatic heterocycles. The quantitative estimate of drug-likeness (QED) is 0.288. The molecule has 0 unspecified atom stereocenters. The van der Waals surface area contributed by atoms with Gasteiger partial charge in [0.2, 0.25) is 0 Å². The summed E-state index contributed by atoms with van der Waals surface area (Å²) in [5.74, 6) is 0. The van der Waals surface area contributed by atoms with Crippen LogP contribution in [0.2, 0.25) is 0 Å². The number of ether oxygens (including phenoxy) is 1. The maximum absolute atomic E-state index is 10.5. The highest BCUT2D eigenvalue weighted by molar-refractivity contribution is 5.56. The second kappa shape index (κ2) is 9.49. The molecular formula is C11H22O6. The van der Waals surface area contributed by atoms with Crippen LogP contribution in [0.1, 0.15) is 26.2 Å². The fourth-order valence-corrected chi connectivity index (χ4v) is 1.38. The normalized spacial score (nSPS) is 18.4. The van der Waals surface area contributed by atoms with Crippen LogP contribution in [0, 0.1) is 0 Å². The van der Waals surface area contributed by atoms with Crippen LogP contribution in [-0.4, -0.2) is 64.3 Å². The molecule has 0 spiro atoms. The largest absolute Gasteiger partial charge is 0.394 e. The van der Waals surface area contributed by atoms with Crippen LogP contribution < -0.4 is 0 Å². The summed E-state index contributed by atoms with van der Waals surface area (Å²) in [6.45, 7) is 1.63. The highest BCUT2D eigenvalue weighted by Gasteiger charge is 2.32. The molecule has 0 heterocycles. The molecule has 0 aliphatic heterocycles. The van der Waals surface area contributed by atoms with Crippen LogP contribution in [0.5, 0.6) is 0 Å². The predicted molar refractivity (Wildman–Crippen MR) is 60.4 cm³/mol. The average Bonchev–Trinajstić information content (AvgIpc) is 2.36. The van der Waals surface area contributed by atoms with Crippen LogP contribution in [-0.2, 0) is 9.53 Å². The van der Waals surface area contributed by atoms with Crippen molar-refractivity contribution in [1.29, 1.82) is 0 Å². The summed E-state index contributed by atoms with van der Waals surface area (Å²) in [5.41, 5.74) is 0. The summed E-state index contributed by atoms with van der Waals surface area (Å²) in [4.78, 5) is 10.5. The molecule has 6 nitrogen and oxygen atoms in total. The third kappa shape index (κ3) is 6.09. The van der Waals surface area contributed by atoms with Gasteiger partial charge in [-0.1, -0.05) is 19.8 Å². The first-order valence-corrected chi connectivity index (χ1v) is 5.80. The molecule has 17 heavy (non-hydrogen) atoms. The molecule has 0 saturated heterocycles. The van der Waals surface area contributed by atoms with E-state index in [0.717, 1.165) is 19.3 Å². The van der Waals surface area contributed by atoms with Crippen molar-refractivity contribution in [2.24, 2.45) is 0 Å². The van der Waals surface area contributed by atoms with Crippen molar-refractivity contribution >= 4 is 6.29 Å². The average molecular weight is 250 g/mol. The molecule has 0 aliphatic rings. The third-order valence-electron chi connectivity index (χ3n) is 2.45. The molecule has 0 radical (unpaired) electrons. The van der Waals surface area contributed by atoms with Gasteiger partial charge in [0, 0.05) is 6.61 Å². The maximum Gasteiger partial charge on any atom is 0.151 e. The van der Waals surface area contributed by atoms with Crippen LogP contribution in [0.25, 0.3) is 0 Å². The fraction of sp³-hybridized carbons (Fsp3) is 0.909. The molecule has 0 aromatic rings. The summed E-state index contributed by atoms with van der Waals surface area (Å²) in [7, 11) is 0. The molecule has 4 N–H and O–H groups in total. The van der Waals surface area contributed by atoms with E-state index in [4.69, 9.17) is 9.84 Å². The van der Waals surface area contributed by atoms with Crippen molar-refractivity contribution in [3.63, 3.8) is 0 Å². The Kier molecular flexibility index (Phi) is 9.20. The van der Waals surface area contributed by atoms with Gasteiger partial charge in [-0.3, -0.25) is 0 Å². The van der Waals surface area contributed by atoms with Crippen molar-refractivity contribution < 1.29 is 30.0 Å². The van der Waals surface area contributed by atoms with Crippen molar-refractivity contribution in [3.8, 4) is 0 Å². The topological polar surface area (TPSA) is 107 Å². The molecule has 0 bridgehead atoms. The summed E-state index contributed by atoms with van der Waals surface area (Å²) in [6.07, 6.45) is -2.78. The first-order valence-electron chi connectivity index (χ1n) is 5.80. The molecule has 6 heteroatoms. The van der Waals surface area contributed by atoms with Gasteiger partial charge in [-0.05, 0) is 6.42 Å². The van der Waals surface area contributed by atoms with Gasteiger partial charge in [-0.15, -0.1) is 0 Å². The lowest BCUT2D eigenvalue weighted by atomic mass is 10.0. The van der Waals surface area contributed by atoms with Crippen LogP contribution in [0.15, 0.2) is 0 Å². The van der Waals surface area contributed by atoms with E-state index >= 15 is 0 Å². The smallest absolute Gasteiger partial charge is 0.151 e. The number of rotatable bonds is 10. The minimum atomic E-state index is -1.52. The van der Waals surface area contributed by atoms with E-state index in [2.05, 4.69) is 0 Å². The molecule has 0 saturated carbocycles. The van der Waals surface area contributed by atoms with E-state index in [1.54, 1.807) is 0 Å². The summed E-state index contributed by atoms with van der Waals surface area (Å²) >= 11 is 0. The highest BCUT2D eigenvalue weighted by Crippen LogP contribution is 2.10. The predicted octanol–water partition coefficient (Wildman–Crippen LogP) is -1.16. The molecule has 102 valence electrons. The molecule has 0 fully saturated rings. The molecule has 0 amide bonds. The lowest BCUT2D eigenvalue weighted by Gasteiger charge is -2.27. The number of carbonyl (C=O) groups is 1. The maximum atomic E-state index is 10.5. The number of hydrogen-bond donors (Lipinski definition) is 4. The van der Waals surface area contributed by atoms with Crippen molar-refractivity contribution in [1.82, 2.24) is 0 Å². The molecule has 0 aliphatic carbocycles.